The predicted molar refractivity (Wildman–Crippen MR) is 175 cm³/mol. The molecule has 4 aromatic carbocycles. The van der Waals surface area contributed by atoms with E-state index in [0.717, 1.165) is 24.3 Å². The van der Waals surface area contributed by atoms with Crippen molar-refractivity contribution in [1.82, 2.24) is 0 Å². The normalized spacial score (nSPS) is 13.3. The Morgan fingerprint density at radius 1 is 0.580 bits per heavy atom. The highest BCUT2D eigenvalue weighted by atomic mass is 32.2. The van der Waals surface area contributed by atoms with E-state index in [1.807, 2.05) is 0 Å². The Bertz CT molecular complexity index is 2750. The van der Waals surface area contributed by atoms with E-state index in [2.05, 4.69) is 33.6 Å². The SMILES string of the molecule is C=CS(=O)(=O)c1ccc(N=Nc2c(S(=O)(=O)O)cc3cc(S(=O)(=O)O)c(N=Nc4ccc(S(=O)(=O)C=C)cc4S(=O)(=O)O)c(O)c3c2N)cc1. The Kier molecular flexibility index (Phi) is 9.89. The van der Waals surface area contributed by atoms with Crippen molar-refractivity contribution in [3.05, 3.63) is 78.6 Å². The van der Waals surface area contributed by atoms with Gasteiger partial charge in [-0.05, 0) is 60.0 Å². The van der Waals surface area contributed by atoms with Crippen molar-refractivity contribution in [3.63, 3.8) is 0 Å². The number of sulfone groups is 2. The van der Waals surface area contributed by atoms with Crippen LogP contribution in [-0.4, -0.2) is 60.9 Å². The number of hydrogen-bond acceptors (Lipinski definition) is 16. The summed E-state index contributed by atoms with van der Waals surface area (Å²) in [6, 6.07) is 7.82. The van der Waals surface area contributed by atoms with Gasteiger partial charge in [0.1, 0.15) is 31.7 Å². The van der Waals surface area contributed by atoms with Gasteiger partial charge < -0.3 is 10.8 Å². The van der Waals surface area contributed by atoms with Gasteiger partial charge in [-0.25, -0.2) is 16.8 Å². The Balaban J connectivity index is 2.01. The summed E-state index contributed by atoms with van der Waals surface area (Å²) in [6.45, 7) is 6.30. The lowest BCUT2D eigenvalue weighted by atomic mass is 10.1. The highest BCUT2D eigenvalue weighted by molar-refractivity contribution is 7.94. The van der Waals surface area contributed by atoms with Crippen molar-refractivity contribution in [2.45, 2.75) is 24.5 Å². The maximum Gasteiger partial charge on any atom is 0.296 e. The minimum atomic E-state index is -5.37. The average Bonchev–Trinajstić information content (AvgIpc) is 3.02. The van der Waals surface area contributed by atoms with E-state index in [4.69, 9.17) is 5.73 Å². The van der Waals surface area contributed by atoms with E-state index >= 15 is 0 Å². The van der Waals surface area contributed by atoms with Gasteiger partial charge in [0, 0.05) is 10.8 Å². The molecule has 264 valence electrons. The summed E-state index contributed by atoms with van der Waals surface area (Å²) in [5.74, 6) is -1.21. The van der Waals surface area contributed by atoms with Crippen LogP contribution < -0.4 is 5.73 Å². The zero-order valence-corrected chi connectivity index (χ0v) is 28.6. The minimum Gasteiger partial charge on any atom is -0.505 e. The molecular weight excluding hydrogens is 767 g/mol. The first kappa shape index (κ1) is 37.9. The van der Waals surface area contributed by atoms with Gasteiger partial charge in [-0.15, -0.1) is 15.3 Å². The van der Waals surface area contributed by atoms with Gasteiger partial charge in [-0.3, -0.25) is 13.7 Å². The van der Waals surface area contributed by atoms with Crippen LogP contribution in [-0.2, 0) is 50.0 Å². The van der Waals surface area contributed by atoms with Crippen LogP contribution in [0.3, 0.4) is 0 Å². The lowest BCUT2D eigenvalue weighted by molar-refractivity contribution is 0.472. The van der Waals surface area contributed by atoms with E-state index in [1.54, 1.807) is 0 Å². The van der Waals surface area contributed by atoms with Gasteiger partial charge in [-0.1, -0.05) is 13.2 Å². The number of phenolic OH excluding ortho intramolecular Hbond substituents is 1. The second kappa shape index (κ2) is 13.1. The molecule has 50 heavy (non-hydrogen) atoms. The highest BCUT2D eigenvalue weighted by Crippen LogP contribution is 2.48. The maximum absolute atomic E-state index is 12.3. The molecule has 0 atom stereocenters. The lowest BCUT2D eigenvalue weighted by Gasteiger charge is -2.14. The highest BCUT2D eigenvalue weighted by Gasteiger charge is 2.28. The molecule has 0 aliphatic carbocycles. The van der Waals surface area contributed by atoms with Crippen LogP contribution in [0.1, 0.15) is 0 Å². The summed E-state index contributed by atoms with van der Waals surface area (Å²) in [4.78, 5) is -4.24. The van der Waals surface area contributed by atoms with Crippen molar-refractivity contribution in [3.8, 4) is 5.75 Å². The fraction of sp³-hybridized carbons (Fsp3) is 0. The Morgan fingerprint density at radius 2 is 1.04 bits per heavy atom. The fourth-order valence-corrected chi connectivity index (χ4v) is 7.66. The van der Waals surface area contributed by atoms with Gasteiger partial charge >= 0.3 is 0 Å². The minimum absolute atomic E-state index is 0.0595. The van der Waals surface area contributed by atoms with Gasteiger partial charge in [0.2, 0.25) is 0 Å². The number of aromatic hydroxyl groups is 1. The molecule has 0 saturated carbocycles. The summed E-state index contributed by atoms with van der Waals surface area (Å²) in [5.41, 5.74) is 2.59. The molecule has 0 unspecified atom stereocenters. The first-order valence-corrected chi connectivity index (χ1v) is 20.2. The van der Waals surface area contributed by atoms with Crippen LogP contribution in [0.2, 0.25) is 0 Å². The molecule has 19 nitrogen and oxygen atoms in total. The quantitative estimate of drug-likeness (QED) is 0.0792. The molecule has 0 saturated heterocycles. The largest absolute Gasteiger partial charge is 0.505 e. The first-order chi connectivity index (χ1) is 22.9. The van der Waals surface area contributed by atoms with Crippen molar-refractivity contribution >= 4 is 89.2 Å². The standard InChI is InChI=1S/C26H21N5O14S5/c1-3-46(33,34)16-7-5-15(6-8-16)28-30-24-20(49(40,41)42)11-14-12-21(50(43,44)45)25(26(32)22(14)23(24)27)31-29-18-10-9-17(47(35,36)4-2)13-19(18)48(37,38)39/h3-13,32H,1-2,27H2,(H,37,38,39)(H,40,41,42)(H,43,44,45). The summed E-state index contributed by atoms with van der Waals surface area (Å²) >= 11 is 0. The first-order valence-electron chi connectivity index (χ1n) is 12.8. The molecular formula is C26H21N5O14S5. The Labute approximate surface area is 283 Å². The molecule has 0 fully saturated rings. The van der Waals surface area contributed by atoms with E-state index in [1.165, 1.54) is 12.1 Å². The molecule has 4 aromatic rings. The van der Waals surface area contributed by atoms with E-state index < -0.39 is 109 Å². The summed E-state index contributed by atoms with van der Waals surface area (Å²) in [6.07, 6.45) is 0. The van der Waals surface area contributed by atoms with Crippen molar-refractivity contribution in [2.24, 2.45) is 20.5 Å². The third kappa shape index (κ3) is 7.60. The number of nitrogen functional groups attached to an aromatic ring is 1. The predicted octanol–water partition coefficient (Wildman–Crippen LogP) is 4.53. The van der Waals surface area contributed by atoms with Gasteiger partial charge in [0.25, 0.3) is 30.4 Å². The number of fused-ring (bicyclic) bond motifs is 1. The molecule has 0 heterocycles. The molecule has 4 rings (SSSR count). The molecule has 0 amide bonds. The molecule has 6 N–H and O–H groups in total. The van der Waals surface area contributed by atoms with Gasteiger partial charge in [0.05, 0.1) is 26.6 Å². The number of hydrogen-bond donors (Lipinski definition) is 5. The van der Waals surface area contributed by atoms with Crippen LogP contribution in [0.5, 0.6) is 5.75 Å². The Hall–Kier alpha value is -4.95. The maximum atomic E-state index is 12.3. The van der Waals surface area contributed by atoms with Crippen LogP contribution in [0.25, 0.3) is 10.8 Å². The Morgan fingerprint density at radius 3 is 1.54 bits per heavy atom. The lowest BCUT2D eigenvalue weighted by Crippen LogP contribution is -2.04. The van der Waals surface area contributed by atoms with Crippen molar-refractivity contribution in [2.75, 3.05) is 5.73 Å². The second-order valence-corrected chi connectivity index (χ2v) is 17.6. The van der Waals surface area contributed by atoms with E-state index in [-0.39, 0.29) is 10.6 Å². The number of phenols is 1. The van der Waals surface area contributed by atoms with E-state index in [9.17, 15) is 60.9 Å². The number of anilines is 1. The number of nitrogens with zero attached hydrogens (tertiary/aromatic N) is 4. The smallest absolute Gasteiger partial charge is 0.296 e. The van der Waals surface area contributed by atoms with Crippen LogP contribution in [0.4, 0.5) is 28.4 Å². The van der Waals surface area contributed by atoms with Crippen LogP contribution in [0.15, 0.2) is 124 Å². The zero-order chi connectivity index (χ0) is 37.6. The average molecular weight is 788 g/mol. The topological polar surface area (TPSA) is 327 Å². The van der Waals surface area contributed by atoms with Gasteiger partial charge in [0.15, 0.2) is 25.4 Å². The van der Waals surface area contributed by atoms with Crippen LogP contribution in [0, 0.1) is 0 Å². The number of benzene rings is 4. The summed E-state index contributed by atoms with van der Waals surface area (Å²) < 4.78 is 151. The summed E-state index contributed by atoms with van der Waals surface area (Å²) in [7, 11) is -23.9. The molecule has 0 radical (unpaired) electrons. The van der Waals surface area contributed by atoms with Crippen molar-refractivity contribution < 1.29 is 60.9 Å². The third-order valence-electron chi connectivity index (χ3n) is 6.54. The number of nitrogens with two attached hydrogens (primary N) is 1. The zero-order valence-electron chi connectivity index (χ0n) is 24.5. The molecule has 0 spiro atoms. The second-order valence-electron chi connectivity index (χ2n) is 9.68. The molecule has 24 heteroatoms. The summed E-state index contributed by atoms with van der Waals surface area (Å²) in [5, 5.41) is 25.8. The van der Waals surface area contributed by atoms with Crippen molar-refractivity contribution in [1.29, 1.82) is 0 Å². The molecule has 0 aliphatic rings. The van der Waals surface area contributed by atoms with Gasteiger partial charge in [-0.2, -0.15) is 30.4 Å². The monoisotopic (exact) mass is 787 g/mol. The number of azo groups is 2. The van der Waals surface area contributed by atoms with Crippen LogP contribution >= 0.6 is 0 Å². The fourth-order valence-electron chi connectivity index (χ4n) is 4.17. The molecule has 0 aliphatic heterocycles. The van der Waals surface area contributed by atoms with E-state index in [0.29, 0.717) is 29.0 Å². The molecule has 0 bridgehead atoms. The third-order valence-corrected chi connectivity index (χ3v) is 11.9. The molecule has 0 aromatic heterocycles. The number of rotatable bonds is 11.